The predicted octanol–water partition coefficient (Wildman–Crippen LogP) is 1.35. The first-order valence-corrected chi connectivity index (χ1v) is 4.05. The summed E-state index contributed by atoms with van der Waals surface area (Å²) < 4.78 is 0.617. The van der Waals surface area contributed by atoms with Crippen LogP contribution in [0.5, 0.6) is 0 Å². The highest BCUT2D eigenvalue weighted by atomic mass is 79.9. The van der Waals surface area contributed by atoms with Crippen LogP contribution < -0.4 is 5.48 Å². The maximum atomic E-state index is 8.64. The van der Waals surface area contributed by atoms with Crippen molar-refractivity contribution < 1.29 is 5.21 Å². The first-order chi connectivity index (χ1) is 6.27. The highest BCUT2D eigenvalue weighted by Crippen LogP contribution is 2.18. The maximum absolute atomic E-state index is 8.64. The topological polar surface area (TPSA) is 81.3 Å². The number of rotatable bonds is 2. The summed E-state index contributed by atoms with van der Waals surface area (Å²) in [5.41, 5.74) is 2.19. The molecule has 0 bridgehead atoms. The van der Waals surface area contributed by atoms with Gasteiger partial charge in [0.25, 0.3) is 0 Å². The van der Waals surface area contributed by atoms with Crippen molar-refractivity contribution in [3.8, 4) is 6.07 Å². The molecule has 0 amide bonds. The van der Waals surface area contributed by atoms with Crippen LogP contribution >= 0.6 is 15.9 Å². The summed E-state index contributed by atoms with van der Waals surface area (Å²) in [4.78, 5) is 7.58. The second-order valence-electron chi connectivity index (χ2n) is 2.02. The Bertz CT molecular complexity index is 371. The Hall–Kier alpha value is -1.45. The maximum Gasteiger partial charge on any atom is 0.154 e. The molecule has 2 N–H and O–H groups in total. The van der Waals surface area contributed by atoms with Crippen molar-refractivity contribution in [3.63, 3.8) is 0 Å². The van der Waals surface area contributed by atoms with Crippen molar-refractivity contribution in [2.75, 3.05) is 0 Å². The normalized spacial score (nSPS) is 9.92. The number of halogens is 1. The van der Waals surface area contributed by atoms with Crippen molar-refractivity contribution in [1.29, 1.82) is 5.26 Å². The first-order valence-electron chi connectivity index (χ1n) is 3.25. The summed E-state index contributed by atoms with van der Waals surface area (Å²) in [6, 6.07) is 3.47. The lowest BCUT2D eigenvalue weighted by molar-refractivity contribution is 0.240. The van der Waals surface area contributed by atoms with Gasteiger partial charge in [-0.05, 0) is 15.9 Å². The molecular formula is C7H5BrN4O. The fourth-order valence-corrected chi connectivity index (χ4v) is 0.984. The highest BCUT2D eigenvalue weighted by molar-refractivity contribution is 9.10. The van der Waals surface area contributed by atoms with E-state index in [4.69, 9.17) is 10.5 Å². The molecule has 66 valence electrons. The minimum absolute atomic E-state index is 0.348. The summed E-state index contributed by atoms with van der Waals surface area (Å²) in [5.74, 6) is 0.348. The summed E-state index contributed by atoms with van der Waals surface area (Å²) in [7, 11) is 0. The first kappa shape index (κ1) is 9.64. The van der Waals surface area contributed by atoms with Crippen LogP contribution in [-0.4, -0.2) is 16.5 Å². The highest BCUT2D eigenvalue weighted by Gasteiger charge is 1.99. The Labute approximate surface area is 82.8 Å². The third-order valence-corrected chi connectivity index (χ3v) is 1.85. The molecule has 0 aliphatic rings. The molecule has 0 aliphatic heterocycles. The van der Waals surface area contributed by atoms with Crippen LogP contribution in [0.3, 0.4) is 0 Å². The molecule has 13 heavy (non-hydrogen) atoms. The van der Waals surface area contributed by atoms with Crippen molar-refractivity contribution in [1.82, 2.24) is 10.5 Å². The van der Waals surface area contributed by atoms with E-state index in [1.807, 2.05) is 6.07 Å². The van der Waals surface area contributed by atoms with Gasteiger partial charge in [-0.15, -0.1) is 0 Å². The second kappa shape index (κ2) is 4.54. The quantitative estimate of drug-likeness (QED) is 0.465. The van der Waals surface area contributed by atoms with Gasteiger partial charge in [-0.2, -0.15) is 5.26 Å². The number of nitrogens with zero attached hydrogens (tertiary/aromatic N) is 3. The predicted molar refractivity (Wildman–Crippen MR) is 49.7 cm³/mol. The smallest absolute Gasteiger partial charge is 0.154 e. The van der Waals surface area contributed by atoms with E-state index in [2.05, 4.69) is 25.9 Å². The Kier molecular flexibility index (Phi) is 3.37. The van der Waals surface area contributed by atoms with Crippen LogP contribution in [0.4, 0.5) is 5.82 Å². The fourth-order valence-electron chi connectivity index (χ4n) is 0.679. The number of hydroxylamine groups is 1. The zero-order chi connectivity index (χ0) is 9.68. The summed E-state index contributed by atoms with van der Waals surface area (Å²) in [6.45, 7) is 0. The molecule has 0 saturated carbocycles. The van der Waals surface area contributed by atoms with Gasteiger partial charge in [-0.25, -0.2) is 9.98 Å². The Morgan fingerprint density at radius 2 is 2.54 bits per heavy atom. The number of nitriles is 1. The number of aliphatic imine (C=N–C) groups is 1. The third-order valence-electron chi connectivity index (χ3n) is 1.22. The largest absolute Gasteiger partial charge is 0.290 e. The van der Waals surface area contributed by atoms with Gasteiger partial charge in [0.2, 0.25) is 0 Å². The number of hydrogen-bond donors (Lipinski definition) is 2. The number of hydrogen-bond acceptors (Lipinski definition) is 4. The minimum Gasteiger partial charge on any atom is -0.290 e. The van der Waals surface area contributed by atoms with Gasteiger partial charge in [-0.3, -0.25) is 10.7 Å². The van der Waals surface area contributed by atoms with Gasteiger partial charge >= 0.3 is 0 Å². The van der Waals surface area contributed by atoms with Crippen molar-refractivity contribution in [2.24, 2.45) is 4.99 Å². The van der Waals surface area contributed by atoms with Crippen molar-refractivity contribution in [2.45, 2.75) is 0 Å². The van der Waals surface area contributed by atoms with Crippen LogP contribution in [0.15, 0.2) is 21.7 Å². The molecule has 0 fully saturated rings. The third kappa shape index (κ3) is 2.50. The molecule has 1 rings (SSSR count). The van der Waals surface area contributed by atoms with Crippen molar-refractivity contribution in [3.05, 3.63) is 22.3 Å². The summed E-state index contributed by atoms with van der Waals surface area (Å²) in [6.07, 6.45) is 2.54. The lowest BCUT2D eigenvalue weighted by Gasteiger charge is -1.95. The Morgan fingerprint density at radius 1 is 1.77 bits per heavy atom. The van der Waals surface area contributed by atoms with Gasteiger partial charge in [0.05, 0.1) is 10.0 Å². The van der Waals surface area contributed by atoms with E-state index in [1.54, 1.807) is 5.48 Å². The molecule has 1 aromatic heterocycles. The van der Waals surface area contributed by atoms with E-state index in [-0.39, 0.29) is 0 Å². The molecule has 0 aliphatic carbocycles. The van der Waals surface area contributed by atoms with Crippen LogP contribution in [0.2, 0.25) is 0 Å². The van der Waals surface area contributed by atoms with Gasteiger partial charge < -0.3 is 0 Å². The van der Waals surface area contributed by atoms with E-state index in [0.29, 0.717) is 15.9 Å². The van der Waals surface area contributed by atoms with Gasteiger partial charge in [0, 0.05) is 12.3 Å². The molecule has 0 unspecified atom stereocenters. The van der Waals surface area contributed by atoms with Crippen LogP contribution in [0.1, 0.15) is 5.56 Å². The standard InChI is InChI=1S/C7H5BrN4O/c8-6-3-10-7(11-4-12-13)1-5(6)2-9/h1,3-4,13H,(H,10,11,12). The molecule has 6 heteroatoms. The zero-order valence-electron chi connectivity index (χ0n) is 6.40. The molecule has 5 nitrogen and oxygen atoms in total. The van der Waals surface area contributed by atoms with E-state index < -0.39 is 0 Å². The molecule has 0 atom stereocenters. The van der Waals surface area contributed by atoms with E-state index in [1.165, 1.54) is 12.3 Å². The number of pyridine rings is 1. The Morgan fingerprint density at radius 3 is 3.15 bits per heavy atom. The van der Waals surface area contributed by atoms with Crippen LogP contribution in [0, 0.1) is 11.3 Å². The van der Waals surface area contributed by atoms with Gasteiger partial charge in [-0.1, -0.05) is 0 Å². The van der Waals surface area contributed by atoms with Gasteiger partial charge in [0.15, 0.2) is 5.82 Å². The number of aromatic nitrogens is 1. The average molecular weight is 241 g/mol. The molecule has 0 saturated heterocycles. The summed E-state index contributed by atoms with van der Waals surface area (Å²) in [5, 5.41) is 16.9. The number of nitrogens with one attached hydrogen (secondary N) is 1. The molecule has 1 heterocycles. The average Bonchev–Trinajstić information content (AvgIpc) is 2.16. The molecule has 0 radical (unpaired) electrons. The van der Waals surface area contributed by atoms with E-state index >= 15 is 0 Å². The summed E-state index contributed by atoms with van der Waals surface area (Å²) >= 11 is 3.16. The Balaban J connectivity index is 3.01. The zero-order valence-corrected chi connectivity index (χ0v) is 7.98. The molecular weight excluding hydrogens is 236 g/mol. The molecule has 0 spiro atoms. The van der Waals surface area contributed by atoms with E-state index in [9.17, 15) is 0 Å². The van der Waals surface area contributed by atoms with Gasteiger partial charge in [0.1, 0.15) is 12.4 Å². The lowest BCUT2D eigenvalue weighted by Crippen LogP contribution is -2.01. The minimum atomic E-state index is 0.348. The van der Waals surface area contributed by atoms with Crippen LogP contribution in [0.25, 0.3) is 0 Å². The van der Waals surface area contributed by atoms with Crippen molar-refractivity contribution >= 4 is 28.1 Å². The second-order valence-corrected chi connectivity index (χ2v) is 2.88. The van der Waals surface area contributed by atoms with E-state index in [0.717, 1.165) is 6.34 Å². The molecule has 0 aromatic carbocycles. The van der Waals surface area contributed by atoms with Crippen LogP contribution in [-0.2, 0) is 0 Å². The molecule has 1 aromatic rings. The monoisotopic (exact) mass is 240 g/mol. The lowest BCUT2D eigenvalue weighted by atomic mass is 10.3. The fraction of sp³-hybridized carbons (Fsp3) is 0. The SMILES string of the molecule is N#Cc1cc(N=CNO)ncc1Br.